The Bertz CT molecular complexity index is 1030. The van der Waals surface area contributed by atoms with Crippen LogP contribution < -0.4 is 15.4 Å². The Balaban J connectivity index is 1.52. The molecule has 0 aliphatic carbocycles. The first-order valence-electron chi connectivity index (χ1n) is 9.74. The van der Waals surface area contributed by atoms with Gasteiger partial charge in [0, 0.05) is 29.7 Å². The van der Waals surface area contributed by atoms with Crippen molar-refractivity contribution in [2.45, 2.75) is 25.3 Å². The molecule has 2 aliphatic rings. The van der Waals surface area contributed by atoms with E-state index in [0.29, 0.717) is 35.4 Å². The third kappa shape index (κ3) is 3.30. The van der Waals surface area contributed by atoms with Gasteiger partial charge in [-0.15, -0.1) is 0 Å². The molecule has 0 aromatic heterocycles. The van der Waals surface area contributed by atoms with E-state index in [4.69, 9.17) is 4.74 Å². The number of urea groups is 1. The van der Waals surface area contributed by atoms with Crippen LogP contribution in [0, 0.1) is 0 Å². The van der Waals surface area contributed by atoms with Gasteiger partial charge in [0.15, 0.2) is 11.3 Å². The lowest BCUT2D eigenvalue weighted by molar-refractivity contribution is -0.132. The number of benzene rings is 2. The number of imide groups is 1. The minimum Gasteiger partial charge on any atom is -0.493 e. The van der Waals surface area contributed by atoms with Gasteiger partial charge in [-0.25, -0.2) is 4.79 Å². The average molecular weight is 407 g/mol. The molecule has 2 heterocycles. The summed E-state index contributed by atoms with van der Waals surface area (Å²) in [6, 6.07) is 12.8. The average Bonchev–Trinajstić information content (AvgIpc) is 2.99. The normalized spacial score (nSPS) is 19.8. The maximum absolute atomic E-state index is 13.2. The van der Waals surface area contributed by atoms with Gasteiger partial charge in [0.25, 0.3) is 5.91 Å². The van der Waals surface area contributed by atoms with Crippen LogP contribution in [-0.4, -0.2) is 41.7 Å². The minimum absolute atomic E-state index is 0.129. The zero-order chi connectivity index (χ0) is 21.3. The second-order valence-electron chi connectivity index (χ2n) is 7.22. The number of ether oxygens (including phenoxy) is 1. The van der Waals surface area contributed by atoms with Crippen LogP contribution in [0.15, 0.2) is 48.5 Å². The molecule has 1 fully saturated rings. The molecule has 4 amide bonds. The molecule has 0 saturated carbocycles. The van der Waals surface area contributed by atoms with Crippen LogP contribution in [0.25, 0.3) is 0 Å². The van der Waals surface area contributed by atoms with E-state index in [9.17, 15) is 19.2 Å². The number of nitrogens with one attached hydrogen (secondary N) is 2. The molecule has 1 atom stereocenters. The summed E-state index contributed by atoms with van der Waals surface area (Å²) in [5.41, 5.74) is 0.311. The summed E-state index contributed by atoms with van der Waals surface area (Å²) in [5, 5.41) is 5.48. The second-order valence-corrected chi connectivity index (χ2v) is 7.22. The molecule has 4 rings (SSSR count). The number of fused-ring (bicyclic) bond motifs is 2. The number of amides is 4. The van der Waals surface area contributed by atoms with E-state index in [2.05, 4.69) is 10.6 Å². The van der Waals surface area contributed by atoms with Crippen molar-refractivity contribution in [3.63, 3.8) is 0 Å². The van der Waals surface area contributed by atoms with Gasteiger partial charge in [0.05, 0.1) is 13.2 Å². The molecule has 8 nitrogen and oxygen atoms in total. The number of Topliss-reactive ketones (excluding diaryl/α,β-unsaturated/α-hetero) is 1. The molecule has 2 aromatic rings. The lowest BCUT2D eigenvalue weighted by atomic mass is 9.84. The van der Waals surface area contributed by atoms with E-state index in [1.54, 1.807) is 55.5 Å². The SMILES string of the molecule is CCC(=O)Nc1ccc(C(=O)CN2C(=O)N[C@@]3(CCOc4ccccc43)C2=O)cc1. The largest absolute Gasteiger partial charge is 0.493 e. The van der Waals surface area contributed by atoms with Crippen molar-refractivity contribution in [1.82, 2.24) is 10.2 Å². The topological polar surface area (TPSA) is 105 Å². The number of nitrogens with zero attached hydrogens (tertiary/aromatic N) is 1. The van der Waals surface area contributed by atoms with Crippen LogP contribution in [0.2, 0.25) is 0 Å². The van der Waals surface area contributed by atoms with Crippen LogP contribution in [0.5, 0.6) is 5.75 Å². The van der Waals surface area contributed by atoms with Gasteiger partial charge >= 0.3 is 6.03 Å². The Hall–Kier alpha value is -3.68. The van der Waals surface area contributed by atoms with Gasteiger partial charge in [0.1, 0.15) is 5.75 Å². The smallest absolute Gasteiger partial charge is 0.325 e. The summed E-state index contributed by atoms with van der Waals surface area (Å²) in [6.07, 6.45) is 0.647. The van der Waals surface area contributed by atoms with E-state index < -0.39 is 17.5 Å². The maximum atomic E-state index is 13.2. The summed E-state index contributed by atoms with van der Waals surface area (Å²) < 4.78 is 5.61. The molecule has 30 heavy (non-hydrogen) atoms. The van der Waals surface area contributed by atoms with Crippen molar-refractivity contribution in [2.75, 3.05) is 18.5 Å². The van der Waals surface area contributed by atoms with Gasteiger partial charge in [0.2, 0.25) is 5.91 Å². The van der Waals surface area contributed by atoms with Crippen LogP contribution >= 0.6 is 0 Å². The molecule has 8 heteroatoms. The molecule has 1 saturated heterocycles. The number of hydrogen-bond donors (Lipinski definition) is 2. The highest BCUT2D eigenvalue weighted by Gasteiger charge is 2.55. The third-order valence-corrected chi connectivity index (χ3v) is 5.37. The van der Waals surface area contributed by atoms with Crippen molar-refractivity contribution < 1.29 is 23.9 Å². The van der Waals surface area contributed by atoms with E-state index in [0.717, 1.165) is 4.90 Å². The molecule has 1 spiro atoms. The number of hydrogen-bond acceptors (Lipinski definition) is 5. The molecule has 2 N–H and O–H groups in total. The summed E-state index contributed by atoms with van der Waals surface area (Å²) in [7, 11) is 0. The number of carbonyl (C=O) groups is 4. The number of ketones is 1. The first-order valence-corrected chi connectivity index (χ1v) is 9.74. The van der Waals surface area contributed by atoms with Gasteiger partial charge in [-0.1, -0.05) is 25.1 Å². The summed E-state index contributed by atoms with van der Waals surface area (Å²) in [5.74, 6) is -0.404. The third-order valence-electron chi connectivity index (χ3n) is 5.37. The first kappa shape index (κ1) is 19.6. The Morgan fingerprint density at radius 3 is 2.60 bits per heavy atom. The summed E-state index contributed by atoms with van der Waals surface area (Å²) in [6.45, 7) is 1.67. The number of rotatable bonds is 5. The Morgan fingerprint density at radius 1 is 1.13 bits per heavy atom. The van der Waals surface area contributed by atoms with Gasteiger partial charge in [-0.3, -0.25) is 19.3 Å². The van der Waals surface area contributed by atoms with Crippen molar-refractivity contribution >= 4 is 29.3 Å². The monoisotopic (exact) mass is 407 g/mol. The molecule has 2 aliphatic heterocycles. The zero-order valence-electron chi connectivity index (χ0n) is 16.4. The lowest BCUT2D eigenvalue weighted by Crippen LogP contribution is -2.47. The van der Waals surface area contributed by atoms with Crippen LogP contribution in [0.3, 0.4) is 0 Å². The first-order chi connectivity index (χ1) is 14.4. The van der Waals surface area contributed by atoms with Gasteiger partial charge < -0.3 is 15.4 Å². The fourth-order valence-corrected chi connectivity index (χ4v) is 3.74. The Labute approximate surface area is 173 Å². The molecule has 2 aromatic carbocycles. The number of anilines is 1. The van der Waals surface area contributed by atoms with Crippen LogP contribution in [-0.2, 0) is 15.1 Å². The minimum atomic E-state index is -1.21. The van der Waals surface area contributed by atoms with E-state index in [-0.39, 0.29) is 24.8 Å². The number of carbonyl (C=O) groups excluding carboxylic acids is 4. The van der Waals surface area contributed by atoms with E-state index >= 15 is 0 Å². The second kappa shape index (κ2) is 7.62. The van der Waals surface area contributed by atoms with Crippen molar-refractivity contribution in [3.05, 3.63) is 59.7 Å². The molecule has 0 unspecified atom stereocenters. The number of para-hydroxylation sites is 1. The fourth-order valence-electron chi connectivity index (χ4n) is 3.74. The highest BCUT2D eigenvalue weighted by Crippen LogP contribution is 2.40. The highest BCUT2D eigenvalue weighted by atomic mass is 16.5. The molecule has 154 valence electrons. The fraction of sp³-hybridized carbons (Fsp3) is 0.273. The van der Waals surface area contributed by atoms with Gasteiger partial charge in [-0.05, 0) is 30.3 Å². The quantitative estimate of drug-likeness (QED) is 0.585. The molecule has 0 bridgehead atoms. The lowest BCUT2D eigenvalue weighted by Gasteiger charge is -2.33. The Morgan fingerprint density at radius 2 is 1.87 bits per heavy atom. The van der Waals surface area contributed by atoms with Crippen molar-refractivity contribution in [3.8, 4) is 5.75 Å². The van der Waals surface area contributed by atoms with E-state index in [1.807, 2.05) is 0 Å². The zero-order valence-corrected chi connectivity index (χ0v) is 16.4. The maximum Gasteiger partial charge on any atom is 0.325 e. The highest BCUT2D eigenvalue weighted by molar-refractivity contribution is 6.11. The Kier molecular flexibility index (Phi) is 4.99. The summed E-state index contributed by atoms with van der Waals surface area (Å²) in [4.78, 5) is 50.9. The van der Waals surface area contributed by atoms with Crippen molar-refractivity contribution in [1.29, 1.82) is 0 Å². The molecular formula is C22H21N3O5. The standard InChI is InChI=1S/C22H21N3O5/c1-2-19(27)23-15-9-7-14(8-10-15)17(26)13-25-20(28)22(24-21(25)29)11-12-30-18-6-4-3-5-16(18)22/h3-10H,2,11-13H2,1H3,(H,23,27)(H,24,29)/t22-/m1/s1. The van der Waals surface area contributed by atoms with Crippen LogP contribution in [0.1, 0.15) is 35.7 Å². The molecular weight excluding hydrogens is 386 g/mol. The summed E-state index contributed by atoms with van der Waals surface area (Å²) >= 11 is 0. The predicted molar refractivity (Wildman–Crippen MR) is 108 cm³/mol. The van der Waals surface area contributed by atoms with Crippen molar-refractivity contribution in [2.24, 2.45) is 0 Å². The van der Waals surface area contributed by atoms with E-state index in [1.165, 1.54) is 0 Å². The molecule has 0 radical (unpaired) electrons. The van der Waals surface area contributed by atoms with Gasteiger partial charge in [-0.2, -0.15) is 0 Å². The van der Waals surface area contributed by atoms with Crippen LogP contribution in [0.4, 0.5) is 10.5 Å². The predicted octanol–water partition coefficient (Wildman–Crippen LogP) is 2.45.